The lowest BCUT2D eigenvalue weighted by Crippen LogP contribution is -2.15. The fourth-order valence-electron chi connectivity index (χ4n) is 2.26. The van der Waals surface area contributed by atoms with Crippen LogP contribution in [0.2, 0.25) is 0 Å². The van der Waals surface area contributed by atoms with Crippen LogP contribution >= 0.6 is 0 Å². The Morgan fingerprint density at radius 1 is 1.26 bits per heavy atom. The normalized spacial score (nSPS) is 20.8. The molecule has 0 aliphatic carbocycles. The highest BCUT2D eigenvalue weighted by Gasteiger charge is 2.38. The fourth-order valence-corrected chi connectivity index (χ4v) is 2.26. The SMILES string of the molecule is CCOC(=O)/C(C)=C(\[O-])CC[C@@H]1O[C@H]1COCc1ccccc1. The van der Waals surface area contributed by atoms with E-state index in [-0.39, 0.29) is 30.1 Å². The van der Waals surface area contributed by atoms with E-state index in [1.807, 2.05) is 30.3 Å². The van der Waals surface area contributed by atoms with Crippen LogP contribution in [-0.4, -0.2) is 31.4 Å². The van der Waals surface area contributed by atoms with E-state index in [0.717, 1.165) is 5.56 Å². The van der Waals surface area contributed by atoms with Crippen molar-refractivity contribution in [3.63, 3.8) is 0 Å². The van der Waals surface area contributed by atoms with Gasteiger partial charge < -0.3 is 19.3 Å². The molecule has 0 radical (unpaired) electrons. The second-order valence-electron chi connectivity index (χ2n) is 5.52. The summed E-state index contributed by atoms with van der Waals surface area (Å²) in [5.41, 5.74) is 1.28. The maximum atomic E-state index is 11.9. The molecule has 1 fully saturated rings. The molecule has 0 bridgehead atoms. The van der Waals surface area contributed by atoms with Gasteiger partial charge in [0.2, 0.25) is 0 Å². The molecule has 0 amide bonds. The first kappa shape index (κ1) is 17.5. The van der Waals surface area contributed by atoms with Gasteiger partial charge >= 0.3 is 5.97 Å². The minimum atomic E-state index is -0.531. The van der Waals surface area contributed by atoms with E-state index in [4.69, 9.17) is 14.2 Å². The number of esters is 1. The molecule has 0 aromatic heterocycles. The Kier molecular flexibility index (Phi) is 6.62. The summed E-state index contributed by atoms with van der Waals surface area (Å²) in [6.07, 6.45) is 0.999. The summed E-state index contributed by atoms with van der Waals surface area (Å²) < 4.78 is 15.9. The first-order valence-corrected chi connectivity index (χ1v) is 7.92. The van der Waals surface area contributed by atoms with E-state index in [9.17, 15) is 9.90 Å². The molecule has 1 aliphatic rings. The van der Waals surface area contributed by atoms with Crippen molar-refractivity contribution >= 4 is 5.97 Å². The van der Waals surface area contributed by atoms with Crippen LogP contribution in [0.4, 0.5) is 0 Å². The Morgan fingerprint density at radius 3 is 2.70 bits per heavy atom. The van der Waals surface area contributed by atoms with Crippen molar-refractivity contribution in [3.8, 4) is 0 Å². The van der Waals surface area contributed by atoms with Gasteiger partial charge in [-0.15, -0.1) is 5.76 Å². The van der Waals surface area contributed by atoms with E-state index >= 15 is 0 Å². The largest absolute Gasteiger partial charge is 0.875 e. The van der Waals surface area contributed by atoms with Gasteiger partial charge in [0.15, 0.2) is 0 Å². The Morgan fingerprint density at radius 2 is 2.00 bits per heavy atom. The summed E-state index contributed by atoms with van der Waals surface area (Å²) in [6.45, 7) is 4.58. The third-order valence-corrected chi connectivity index (χ3v) is 3.74. The van der Waals surface area contributed by atoms with Crippen LogP contribution < -0.4 is 5.11 Å². The zero-order valence-electron chi connectivity index (χ0n) is 13.6. The van der Waals surface area contributed by atoms with Crippen LogP contribution in [0.15, 0.2) is 41.7 Å². The molecule has 0 unspecified atom stereocenters. The van der Waals surface area contributed by atoms with Gasteiger partial charge in [0.1, 0.15) is 6.10 Å². The highest BCUT2D eigenvalue weighted by Crippen LogP contribution is 2.28. The Hall–Kier alpha value is -1.85. The second kappa shape index (κ2) is 8.70. The Bertz CT molecular complexity index is 538. The highest BCUT2D eigenvalue weighted by molar-refractivity contribution is 5.88. The molecule has 1 heterocycles. The first-order chi connectivity index (χ1) is 11.1. The van der Waals surface area contributed by atoms with E-state index in [0.29, 0.717) is 26.1 Å². The van der Waals surface area contributed by atoms with Crippen LogP contribution in [0.3, 0.4) is 0 Å². The zero-order valence-corrected chi connectivity index (χ0v) is 13.6. The average molecular weight is 319 g/mol. The number of rotatable bonds is 9. The van der Waals surface area contributed by atoms with Crippen LogP contribution in [0, 0.1) is 0 Å². The molecule has 0 N–H and O–H groups in total. The number of epoxide rings is 1. The van der Waals surface area contributed by atoms with Gasteiger partial charge in [0, 0.05) is 5.57 Å². The second-order valence-corrected chi connectivity index (χ2v) is 5.52. The molecular weight excluding hydrogens is 296 g/mol. The number of carbonyl (C=O) groups is 1. The number of ether oxygens (including phenoxy) is 3. The van der Waals surface area contributed by atoms with Crippen LogP contribution in [0.25, 0.3) is 0 Å². The van der Waals surface area contributed by atoms with E-state index < -0.39 is 5.97 Å². The average Bonchev–Trinajstić information content (AvgIpc) is 3.31. The Labute approximate surface area is 136 Å². The van der Waals surface area contributed by atoms with Crippen LogP contribution in [-0.2, 0) is 25.6 Å². The van der Waals surface area contributed by atoms with Gasteiger partial charge in [-0.1, -0.05) is 30.3 Å². The summed E-state index contributed by atoms with van der Waals surface area (Å²) in [5.74, 6) is -0.708. The molecule has 23 heavy (non-hydrogen) atoms. The van der Waals surface area contributed by atoms with Gasteiger partial charge in [0.25, 0.3) is 0 Å². The number of benzene rings is 1. The van der Waals surface area contributed by atoms with Gasteiger partial charge in [0.05, 0.1) is 25.9 Å². The predicted molar refractivity (Wildman–Crippen MR) is 83.3 cm³/mol. The van der Waals surface area contributed by atoms with Gasteiger partial charge in [-0.05, 0) is 32.3 Å². The third kappa shape index (κ3) is 5.69. The molecule has 0 spiro atoms. The Balaban J connectivity index is 1.63. The summed E-state index contributed by atoms with van der Waals surface area (Å²) >= 11 is 0. The first-order valence-electron chi connectivity index (χ1n) is 7.92. The van der Waals surface area contributed by atoms with Gasteiger partial charge in [-0.2, -0.15) is 0 Å². The van der Waals surface area contributed by atoms with Gasteiger partial charge in [-0.3, -0.25) is 0 Å². The quantitative estimate of drug-likeness (QED) is 0.301. The van der Waals surface area contributed by atoms with Gasteiger partial charge in [-0.25, -0.2) is 4.79 Å². The zero-order chi connectivity index (χ0) is 16.7. The smallest absolute Gasteiger partial charge is 0.332 e. The van der Waals surface area contributed by atoms with Crippen molar-refractivity contribution in [1.29, 1.82) is 0 Å². The highest BCUT2D eigenvalue weighted by atomic mass is 16.6. The maximum absolute atomic E-state index is 11.9. The van der Waals surface area contributed by atoms with E-state index in [1.165, 1.54) is 6.92 Å². The predicted octanol–water partition coefficient (Wildman–Crippen LogP) is 1.95. The van der Waals surface area contributed by atoms with Crippen molar-refractivity contribution in [2.75, 3.05) is 13.2 Å². The molecule has 0 saturated carbocycles. The molecule has 5 heteroatoms. The number of allylic oxidation sites excluding steroid dienone is 1. The minimum Gasteiger partial charge on any atom is -0.875 e. The number of hydrogen-bond donors (Lipinski definition) is 0. The topological polar surface area (TPSA) is 71.1 Å². The molecule has 126 valence electrons. The van der Waals surface area contributed by atoms with Crippen LogP contribution in [0.5, 0.6) is 0 Å². The number of hydrogen-bond acceptors (Lipinski definition) is 5. The molecule has 2 atom stereocenters. The lowest BCUT2D eigenvalue weighted by atomic mass is 10.1. The minimum absolute atomic E-state index is 0.0460. The summed E-state index contributed by atoms with van der Waals surface area (Å²) in [4.78, 5) is 11.5. The van der Waals surface area contributed by atoms with Crippen LogP contribution in [0.1, 0.15) is 32.3 Å². The molecule has 1 saturated heterocycles. The number of carbonyl (C=O) groups excluding carboxylic acids is 1. The molecule has 2 rings (SSSR count). The molecule has 1 aliphatic heterocycles. The van der Waals surface area contributed by atoms with Crippen molar-refractivity contribution in [3.05, 3.63) is 47.2 Å². The summed E-state index contributed by atoms with van der Waals surface area (Å²) in [6, 6.07) is 9.94. The maximum Gasteiger partial charge on any atom is 0.332 e. The van der Waals surface area contributed by atoms with Crippen molar-refractivity contribution in [2.45, 2.75) is 45.5 Å². The standard InChI is InChI=1S/C18H24O5/c1-3-22-18(20)13(2)15(19)9-10-16-17(23-16)12-21-11-14-7-5-4-6-8-14/h4-8,16-17,19H,3,9-12H2,1-2H3/p-1/b15-13-/t16-,17-/m0/s1. The fraction of sp³-hybridized carbons (Fsp3) is 0.500. The van der Waals surface area contributed by atoms with E-state index in [2.05, 4.69) is 0 Å². The summed E-state index contributed by atoms with van der Waals surface area (Å²) in [7, 11) is 0. The van der Waals surface area contributed by atoms with Crippen molar-refractivity contribution in [2.24, 2.45) is 0 Å². The summed E-state index contributed by atoms with van der Waals surface area (Å²) in [5, 5.41) is 11.9. The van der Waals surface area contributed by atoms with Crippen molar-refractivity contribution in [1.82, 2.24) is 0 Å². The molecule has 1 aromatic carbocycles. The monoisotopic (exact) mass is 319 g/mol. The third-order valence-electron chi connectivity index (χ3n) is 3.74. The molecule has 5 nitrogen and oxygen atoms in total. The molecule has 1 aromatic rings. The lowest BCUT2D eigenvalue weighted by Gasteiger charge is -2.15. The lowest BCUT2D eigenvalue weighted by molar-refractivity contribution is -0.308. The van der Waals surface area contributed by atoms with E-state index in [1.54, 1.807) is 6.92 Å². The molecular formula is C18H23O5-. The van der Waals surface area contributed by atoms with Crippen molar-refractivity contribution < 1.29 is 24.1 Å².